The third-order valence-corrected chi connectivity index (χ3v) is 5.58. The number of hydrogen-bond donors (Lipinski definition) is 1. The van der Waals surface area contributed by atoms with Crippen LogP contribution in [0, 0.1) is 0 Å². The third-order valence-electron chi connectivity index (χ3n) is 5.58. The minimum absolute atomic E-state index is 0.105. The molecule has 176 valence electrons. The number of rotatable bonds is 7. The number of fused-ring (bicyclic) bond motifs is 2. The predicted molar refractivity (Wildman–Crippen MR) is 133 cm³/mol. The van der Waals surface area contributed by atoms with Gasteiger partial charge in [-0.3, -0.25) is 4.79 Å². The van der Waals surface area contributed by atoms with E-state index in [1.807, 2.05) is 78.9 Å². The Morgan fingerprint density at radius 3 is 2.49 bits per heavy atom. The Balaban J connectivity index is 1.19. The first-order chi connectivity index (χ1) is 17.2. The van der Waals surface area contributed by atoms with Crippen molar-refractivity contribution in [3.05, 3.63) is 96.1 Å². The molecule has 4 aromatic carbocycles. The Labute approximate surface area is 202 Å². The van der Waals surface area contributed by atoms with E-state index in [0.717, 1.165) is 21.9 Å². The highest BCUT2D eigenvalue weighted by atomic mass is 16.6. The van der Waals surface area contributed by atoms with Crippen molar-refractivity contribution in [2.45, 2.75) is 12.7 Å². The monoisotopic (exact) mass is 468 g/mol. The number of hydrazone groups is 1. The molecule has 0 saturated heterocycles. The van der Waals surface area contributed by atoms with Crippen LogP contribution >= 0.6 is 0 Å². The van der Waals surface area contributed by atoms with Gasteiger partial charge in [-0.25, -0.2) is 5.43 Å². The highest BCUT2D eigenvalue weighted by Crippen LogP contribution is 2.36. The number of amides is 1. The fraction of sp³-hybridized carbons (Fsp3) is 0.143. The van der Waals surface area contributed by atoms with Gasteiger partial charge in [-0.15, -0.1) is 0 Å². The van der Waals surface area contributed by atoms with E-state index in [2.05, 4.69) is 10.5 Å². The lowest BCUT2D eigenvalue weighted by atomic mass is 10.1. The highest BCUT2D eigenvalue weighted by molar-refractivity contribution is 5.88. The molecule has 4 aromatic rings. The van der Waals surface area contributed by atoms with Crippen molar-refractivity contribution < 1.29 is 23.7 Å². The lowest BCUT2D eigenvalue weighted by Crippen LogP contribution is -2.42. The van der Waals surface area contributed by atoms with Crippen molar-refractivity contribution in [3.63, 3.8) is 0 Å². The van der Waals surface area contributed by atoms with Crippen molar-refractivity contribution in [3.8, 4) is 23.0 Å². The van der Waals surface area contributed by atoms with Crippen molar-refractivity contribution in [1.82, 2.24) is 5.43 Å². The van der Waals surface area contributed by atoms with Gasteiger partial charge in [-0.1, -0.05) is 54.6 Å². The van der Waals surface area contributed by atoms with Crippen LogP contribution in [-0.4, -0.2) is 31.9 Å². The number of carbonyl (C=O) groups excluding carboxylic acids is 1. The molecular formula is C28H24N2O5. The van der Waals surface area contributed by atoms with Gasteiger partial charge >= 0.3 is 0 Å². The molecule has 0 aromatic heterocycles. The van der Waals surface area contributed by atoms with Gasteiger partial charge in [0.1, 0.15) is 13.2 Å². The number of nitrogens with one attached hydrogen (secondary N) is 1. The van der Waals surface area contributed by atoms with Crippen LogP contribution in [0.15, 0.2) is 90.0 Å². The summed E-state index contributed by atoms with van der Waals surface area (Å²) in [7, 11) is 1.58. The zero-order valence-electron chi connectivity index (χ0n) is 19.1. The summed E-state index contributed by atoms with van der Waals surface area (Å²) < 4.78 is 23.0. The second-order valence-electron chi connectivity index (χ2n) is 7.98. The minimum Gasteiger partial charge on any atom is -0.493 e. The van der Waals surface area contributed by atoms with E-state index in [0.29, 0.717) is 29.6 Å². The van der Waals surface area contributed by atoms with Crippen molar-refractivity contribution in [1.29, 1.82) is 0 Å². The summed E-state index contributed by atoms with van der Waals surface area (Å²) in [6, 6.07) is 27.0. The summed E-state index contributed by atoms with van der Waals surface area (Å²) in [4.78, 5) is 12.6. The molecule has 35 heavy (non-hydrogen) atoms. The minimum atomic E-state index is -0.802. The molecule has 0 unspecified atom stereocenters. The molecule has 0 aliphatic carbocycles. The number of benzene rings is 4. The van der Waals surface area contributed by atoms with E-state index >= 15 is 0 Å². The topological polar surface area (TPSA) is 78.4 Å². The Morgan fingerprint density at radius 2 is 1.71 bits per heavy atom. The van der Waals surface area contributed by atoms with Crippen LogP contribution in [0.3, 0.4) is 0 Å². The largest absolute Gasteiger partial charge is 0.493 e. The highest BCUT2D eigenvalue weighted by Gasteiger charge is 2.27. The number of hydrogen-bond acceptors (Lipinski definition) is 6. The molecule has 0 spiro atoms. The fourth-order valence-electron chi connectivity index (χ4n) is 3.75. The van der Waals surface area contributed by atoms with Gasteiger partial charge in [-0.05, 0) is 52.2 Å². The van der Waals surface area contributed by atoms with Crippen LogP contribution < -0.4 is 24.4 Å². The maximum atomic E-state index is 12.6. The zero-order valence-corrected chi connectivity index (χ0v) is 19.1. The van der Waals surface area contributed by atoms with E-state index in [9.17, 15) is 4.79 Å². The fourth-order valence-corrected chi connectivity index (χ4v) is 3.75. The Hall–Kier alpha value is -4.52. The average Bonchev–Trinajstić information content (AvgIpc) is 2.91. The maximum absolute atomic E-state index is 12.6. The van der Waals surface area contributed by atoms with Crippen molar-refractivity contribution in [2.75, 3.05) is 13.7 Å². The van der Waals surface area contributed by atoms with Gasteiger partial charge in [0.05, 0.1) is 13.3 Å². The lowest BCUT2D eigenvalue weighted by molar-refractivity contribution is -0.130. The van der Waals surface area contributed by atoms with Crippen LogP contribution in [0.5, 0.6) is 23.0 Å². The smallest absolute Gasteiger partial charge is 0.284 e. The summed E-state index contributed by atoms with van der Waals surface area (Å²) in [5.41, 5.74) is 4.33. The first-order valence-corrected chi connectivity index (χ1v) is 11.2. The van der Waals surface area contributed by atoms with Crippen LogP contribution in [0.2, 0.25) is 0 Å². The first-order valence-electron chi connectivity index (χ1n) is 11.2. The summed E-state index contributed by atoms with van der Waals surface area (Å²) in [6.07, 6.45) is 0.733. The molecule has 0 bridgehead atoms. The zero-order chi connectivity index (χ0) is 24.0. The number of carbonyl (C=O) groups is 1. The van der Waals surface area contributed by atoms with Gasteiger partial charge < -0.3 is 18.9 Å². The van der Waals surface area contributed by atoms with Gasteiger partial charge in [0.15, 0.2) is 23.0 Å². The molecule has 0 fully saturated rings. The number of nitrogens with zero attached hydrogens (tertiary/aromatic N) is 1. The number of ether oxygens (including phenoxy) is 4. The standard InChI is InChI=1S/C28H24N2O5/c1-32-24-13-20(11-12-23(24)33-17-19-7-3-2-4-8-19)16-29-30-28(31)27-18-34-25-14-21-9-5-6-10-22(21)15-26(25)35-27/h2-16,27H,17-18H2,1H3,(H,30,31)/b29-16+/t27-/m1/s1. The second-order valence-corrected chi connectivity index (χ2v) is 7.98. The molecule has 0 radical (unpaired) electrons. The van der Waals surface area contributed by atoms with E-state index in [1.165, 1.54) is 6.21 Å². The molecule has 1 atom stereocenters. The Morgan fingerprint density at radius 1 is 0.971 bits per heavy atom. The van der Waals surface area contributed by atoms with E-state index < -0.39 is 12.0 Å². The molecule has 7 heteroatoms. The summed E-state index contributed by atoms with van der Waals surface area (Å²) >= 11 is 0. The van der Waals surface area contributed by atoms with Crippen LogP contribution in [0.4, 0.5) is 0 Å². The Kier molecular flexibility index (Phi) is 6.48. The SMILES string of the molecule is COc1cc(/C=N/NC(=O)[C@H]2COc3cc4ccccc4cc3O2)ccc1OCc1ccccc1. The van der Waals surface area contributed by atoms with Gasteiger partial charge in [0, 0.05) is 0 Å². The van der Waals surface area contributed by atoms with E-state index in [4.69, 9.17) is 18.9 Å². The molecule has 1 aliphatic rings. The summed E-state index contributed by atoms with van der Waals surface area (Å²) in [5.74, 6) is 1.96. The van der Waals surface area contributed by atoms with Crippen LogP contribution in [0.25, 0.3) is 10.8 Å². The van der Waals surface area contributed by atoms with E-state index in [-0.39, 0.29) is 6.61 Å². The molecule has 0 saturated carbocycles. The van der Waals surface area contributed by atoms with Gasteiger partial charge in [0.25, 0.3) is 5.91 Å². The normalized spacial score (nSPS) is 14.6. The van der Waals surface area contributed by atoms with Crippen molar-refractivity contribution >= 4 is 22.9 Å². The quantitative estimate of drug-likeness (QED) is 0.314. The average molecular weight is 469 g/mol. The molecular weight excluding hydrogens is 444 g/mol. The lowest BCUT2D eigenvalue weighted by Gasteiger charge is -2.25. The van der Waals surface area contributed by atoms with Crippen molar-refractivity contribution in [2.24, 2.45) is 5.10 Å². The van der Waals surface area contributed by atoms with E-state index in [1.54, 1.807) is 13.2 Å². The summed E-state index contributed by atoms with van der Waals surface area (Å²) in [6.45, 7) is 0.539. The molecule has 7 nitrogen and oxygen atoms in total. The maximum Gasteiger partial charge on any atom is 0.284 e. The summed E-state index contributed by atoms with van der Waals surface area (Å²) in [5, 5.41) is 6.13. The molecule has 1 heterocycles. The molecule has 1 N–H and O–H groups in total. The predicted octanol–water partition coefficient (Wildman–Crippen LogP) is 4.72. The third kappa shape index (κ3) is 5.19. The van der Waals surface area contributed by atoms with Gasteiger partial charge in [-0.2, -0.15) is 5.10 Å². The molecule has 5 rings (SSSR count). The molecule has 1 amide bonds. The Bertz CT molecular complexity index is 1370. The molecule has 1 aliphatic heterocycles. The second kappa shape index (κ2) is 10.2. The van der Waals surface area contributed by atoms with Gasteiger partial charge in [0.2, 0.25) is 6.10 Å². The number of methoxy groups -OCH3 is 1. The first kappa shape index (κ1) is 22.3. The van der Waals surface area contributed by atoms with Crippen LogP contribution in [0.1, 0.15) is 11.1 Å². The van der Waals surface area contributed by atoms with Crippen LogP contribution in [-0.2, 0) is 11.4 Å².